The highest BCUT2D eigenvalue weighted by atomic mass is 32.3. The van der Waals surface area contributed by atoms with Gasteiger partial charge < -0.3 is 5.73 Å². The van der Waals surface area contributed by atoms with E-state index in [2.05, 4.69) is 4.72 Å². The summed E-state index contributed by atoms with van der Waals surface area (Å²) in [5, 5.41) is 0. The summed E-state index contributed by atoms with van der Waals surface area (Å²) in [5.74, 6) is 0. The smallest absolute Gasteiger partial charge is 0.0416 e. The molecule has 4 nitrogen and oxygen atoms in total. The maximum absolute atomic E-state index is 8.73. The highest BCUT2D eigenvalue weighted by molar-refractivity contribution is 8.22. The zero-order chi connectivity index (χ0) is 7.33. The summed E-state index contributed by atoms with van der Waals surface area (Å²) >= 11 is 0. The molecule has 0 radical (unpaired) electrons. The fraction of sp³-hybridized carbons (Fsp3) is 1.00. The molecule has 5 heteroatoms. The van der Waals surface area contributed by atoms with E-state index in [1.165, 1.54) is 6.26 Å². The van der Waals surface area contributed by atoms with E-state index in [0.29, 0.717) is 13.1 Å². The number of nitrogens with one attached hydrogen (secondary N) is 1. The first-order chi connectivity index (χ1) is 4.06. The first-order valence-electron chi connectivity index (χ1n) is 2.74. The van der Waals surface area contributed by atoms with Gasteiger partial charge in [0.2, 0.25) is 0 Å². The van der Waals surface area contributed by atoms with Crippen molar-refractivity contribution in [3.05, 3.63) is 0 Å². The average Bonchev–Trinajstić information content (AvgIpc) is 1.63. The third-order valence-corrected chi connectivity index (χ3v) is 1.51. The molecule has 0 aromatic rings. The van der Waals surface area contributed by atoms with Crippen LogP contribution in [0.5, 0.6) is 0 Å². The van der Waals surface area contributed by atoms with Crippen molar-refractivity contribution >= 4 is 10.8 Å². The van der Waals surface area contributed by atoms with E-state index < -0.39 is 10.8 Å². The van der Waals surface area contributed by atoms with Crippen molar-refractivity contribution < 1.29 is 9.11 Å². The maximum atomic E-state index is 8.73. The van der Waals surface area contributed by atoms with Gasteiger partial charge in [-0.05, 0) is 13.0 Å². The van der Waals surface area contributed by atoms with Crippen molar-refractivity contribution in [3.8, 4) is 0 Å². The van der Waals surface area contributed by atoms with Crippen LogP contribution in [-0.4, -0.2) is 28.5 Å². The predicted octanol–water partition coefficient (Wildman–Crippen LogP) is 0.220. The SMILES string of the molecule is CS(O)(O)NCCCN. The van der Waals surface area contributed by atoms with Crippen molar-refractivity contribution in [2.24, 2.45) is 5.73 Å². The Hall–Kier alpha value is 0.190. The molecule has 0 spiro atoms. The van der Waals surface area contributed by atoms with Gasteiger partial charge in [0, 0.05) is 12.8 Å². The average molecular weight is 154 g/mol. The summed E-state index contributed by atoms with van der Waals surface area (Å²) in [7, 11) is -2.50. The monoisotopic (exact) mass is 154 g/mol. The van der Waals surface area contributed by atoms with Gasteiger partial charge in [-0.15, -0.1) is 10.8 Å². The van der Waals surface area contributed by atoms with Crippen LogP contribution in [-0.2, 0) is 0 Å². The Balaban J connectivity index is 3.07. The molecule has 9 heavy (non-hydrogen) atoms. The van der Waals surface area contributed by atoms with E-state index in [1.54, 1.807) is 0 Å². The molecule has 0 aromatic carbocycles. The number of hydrogen-bond acceptors (Lipinski definition) is 4. The van der Waals surface area contributed by atoms with Gasteiger partial charge in [0.05, 0.1) is 0 Å². The van der Waals surface area contributed by atoms with Crippen molar-refractivity contribution in [1.82, 2.24) is 4.72 Å². The summed E-state index contributed by atoms with van der Waals surface area (Å²) in [5.41, 5.74) is 5.16. The summed E-state index contributed by atoms with van der Waals surface area (Å²) in [4.78, 5) is 0. The van der Waals surface area contributed by atoms with Crippen molar-refractivity contribution in [1.29, 1.82) is 0 Å². The van der Waals surface area contributed by atoms with E-state index in [-0.39, 0.29) is 0 Å². The Morgan fingerprint density at radius 2 is 2.11 bits per heavy atom. The summed E-state index contributed by atoms with van der Waals surface area (Å²) < 4.78 is 20.0. The van der Waals surface area contributed by atoms with Crippen LogP contribution < -0.4 is 10.5 Å². The molecule has 0 rings (SSSR count). The predicted molar refractivity (Wildman–Crippen MR) is 40.4 cm³/mol. The molecule has 0 aromatic heterocycles. The minimum absolute atomic E-state index is 0.565. The van der Waals surface area contributed by atoms with E-state index in [1.807, 2.05) is 0 Å². The summed E-state index contributed by atoms with van der Waals surface area (Å²) in [6.45, 7) is 1.14. The summed E-state index contributed by atoms with van der Waals surface area (Å²) in [6, 6.07) is 0. The van der Waals surface area contributed by atoms with Crippen LogP contribution >= 0.6 is 10.8 Å². The van der Waals surface area contributed by atoms with E-state index in [4.69, 9.17) is 14.8 Å². The Morgan fingerprint density at radius 3 is 2.44 bits per heavy atom. The second kappa shape index (κ2) is 4.08. The quantitative estimate of drug-likeness (QED) is 0.437. The van der Waals surface area contributed by atoms with Crippen molar-refractivity contribution in [2.75, 3.05) is 19.3 Å². The van der Waals surface area contributed by atoms with Crippen LogP contribution in [0.2, 0.25) is 0 Å². The first-order valence-corrected chi connectivity index (χ1v) is 4.69. The van der Waals surface area contributed by atoms with Crippen LogP contribution in [0.25, 0.3) is 0 Å². The molecule has 0 atom stereocenters. The Labute approximate surface area is 56.9 Å². The van der Waals surface area contributed by atoms with Crippen LogP contribution in [0, 0.1) is 0 Å². The van der Waals surface area contributed by atoms with Gasteiger partial charge in [-0.3, -0.25) is 9.11 Å². The topological polar surface area (TPSA) is 78.5 Å². The molecule has 0 unspecified atom stereocenters. The second-order valence-corrected chi connectivity index (χ2v) is 3.83. The van der Waals surface area contributed by atoms with Crippen LogP contribution in [0.15, 0.2) is 0 Å². The lowest BCUT2D eigenvalue weighted by Crippen LogP contribution is -2.21. The lowest BCUT2D eigenvalue weighted by Gasteiger charge is -2.27. The molecule has 58 valence electrons. The number of nitrogens with two attached hydrogens (primary N) is 1. The second-order valence-electron chi connectivity index (χ2n) is 1.87. The van der Waals surface area contributed by atoms with Crippen LogP contribution in [0.4, 0.5) is 0 Å². The third kappa shape index (κ3) is 8.19. The zero-order valence-corrected chi connectivity index (χ0v) is 6.32. The van der Waals surface area contributed by atoms with Gasteiger partial charge in [0.25, 0.3) is 0 Å². The normalized spacial score (nSPS) is 13.8. The molecular weight excluding hydrogens is 140 g/mol. The molecule has 0 fully saturated rings. The van der Waals surface area contributed by atoms with Gasteiger partial charge >= 0.3 is 0 Å². The minimum Gasteiger partial charge on any atom is -0.330 e. The van der Waals surface area contributed by atoms with Gasteiger partial charge in [-0.2, -0.15) is 0 Å². The number of rotatable bonds is 4. The van der Waals surface area contributed by atoms with Gasteiger partial charge in [-0.25, -0.2) is 4.72 Å². The molecular formula is C4H14N2O2S. The lowest BCUT2D eigenvalue weighted by atomic mass is 10.4. The molecule has 0 bridgehead atoms. The maximum Gasteiger partial charge on any atom is 0.0416 e. The first kappa shape index (κ1) is 9.19. The minimum atomic E-state index is -2.50. The Morgan fingerprint density at radius 1 is 1.56 bits per heavy atom. The standard InChI is InChI=1S/C4H14N2O2S/c1-9(7,8)6-4-2-3-5/h6-8H,2-5H2,1H3. The fourth-order valence-electron chi connectivity index (χ4n) is 0.368. The molecule has 0 heterocycles. The van der Waals surface area contributed by atoms with Crippen molar-refractivity contribution in [2.45, 2.75) is 6.42 Å². The zero-order valence-electron chi connectivity index (χ0n) is 5.50. The Bertz CT molecular complexity index is 73.5. The molecule has 0 aliphatic carbocycles. The molecule has 0 saturated carbocycles. The molecule has 0 aliphatic heterocycles. The van der Waals surface area contributed by atoms with Crippen molar-refractivity contribution in [3.63, 3.8) is 0 Å². The van der Waals surface area contributed by atoms with Gasteiger partial charge in [0.15, 0.2) is 0 Å². The molecule has 0 amide bonds. The van der Waals surface area contributed by atoms with Gasteiger partial charge in [-0.1, -0.05) is 0 Å². The number of hydrogen-bond donors (Lipinski definition) is 4. The van der Waals surface area contributed by atoms with Crippen LogP contribution in [0.1, 0.15) is 6.42 Å². The highest BCUT2D eigenvalue weighted by Gasteiger charge is 1.98. The Kier molecular flexibility index (Phi) is 4.16. The van der Waals surface area contributed by atoms with E-state index in [0.717, 1.165) is 6.42 Å². The summed E-state index contributed by atoms with van der Waals surface area (Å²) in [6.07, 6.45) is 2.12. The largest absolute Gasteiger partial charge is 0.330 e. The van der Waals surface area contributed by atoms with E-state index >= 15 is 0 Å². The van der Waals surface area contributed by atoms with Crippen LogP contribution in [0.3, 0.4) is 0 Å². The molecule has 0 aliphatic rings. The lowest BCUT2D eigenvalue weighted by molar-refractivity contribution is 0.477. The highest BCUT2D eigenvalue weighted by Crippen LogP contribution is 2.26. The van der Waals surface area contributed by atoms with Gasteiger partial charge in [0.1, 0.15) is 0 Å². The molecule has 0 saturated heterocycles. The molecule has 5 N–H and O–H groups in total. The third-order valence-electron chi connectivity index (χ3n) is 0.756. The van der Waals surface area contributed by atoms with E-state index in [9.17, 15) is 0 Å². The fourth-order valence-corrected chi connectivity index (χ4v) is 0.899.